The SMILES string of the molecule is CCc1ccccc1OC(C(=O)Cl)C(C)C. The molecule has 0 spiro atoms. The standard InChI is InChI=1S/C13H17ClO2/c1-4-10-7-5-6-8-11(10)16-12(9(2)3)13(14)15/h5-9,12H,4H2,1-3H3. The van der Waals surface area contributed by atoms with E-state index >= 15 is 0 Å². The molecule has 0 aliphatic carbocycles. The van der Waals surface area contributed by atoms with Crippen LogP contribution >= 0.6 is 11.6 Å². The van der Waals surface area contributed by atoms with E-state index in [4.69, 9.17) is 16.3 Å². The first-order valence-electron chi connectivity index (χ1n) is 5.50. The van der Waals surface area contributed by atoms with Crippen molar-refractivity contribution in [2.24, 2.45) is 5.92 Å². The van der Waals surface area contributed by atoms with Crippen molar-refractivity contribution in [3.8, 4) is 5.75 Å². The van der Waals surface area contributed by atoms with Gasteiger partial charge >= 0.3 is 0 Å². The van der Waals surface area contributed by atoms with Crippen molar-refractivity contribution >= 4 is 16.8 Å². The topological polar surface area (TPSA) is 26.3 Å². The average Bonchev–Trinajstić information content (AvgIpc) is 2.25. The minimum absolute atomic E-state index is 0.0647. The molecule has 1 unspecified atom stereocenters. The van der Waals surface area contributed by atoms with E-state index in [0.29, 0.717) is 0 Å². The second-order valence-electron chi connectivity index (χ2n) is 4.05. The van der Waals surface area contributed by atoms with Gasteiger partial charge < -0.3 is 4.74 Å². The predicted octanol–water partition coefficient (Wildman–Crippen LogP) is 3.42. The first-order valence-corrected chi connectivity index (χ1v) is 5.88. The lowest BCUT2D eigenvalue weighted by Crippen LogP contribution is -2.29. The van der Waals surface area contributed by atoms with Gasteiger partial charge in [0, 0.05) is 0 Å². The lowest BCUT2D eigenvalue weighted by molar-refractivity contribution is -0.119. The van der Waals surface area contributed by atoms with Crippen LogP contribution in [0.5, 0.6) is 5.75 Å². The molecular weight excluding hydrogens is 224 g/mol. The summed E-state index contributed by atoms with van der Waals surface area (Å²) < 4.78 is 5.68. The number of ether oxygens (including phenoxy) is 1. The van der Waals surface area contributed by atoms with Crippen molar-refractivity contribution in [2.75, 3.05) is 0 Å². The molecule has 0 aliphatic rings. The number of rotatable bonds is 5. The molecule has 0 saturated carbocycles. The van der Waals surface area contributed by atoms with Gasteiger partial charge in [0.15, 0.2) is 6.10 Å². The Labute approximate surface area is 102 Å². The molecule has 0 bridgehead atoms. The first-order chi connectivity index (χ1) is 7.56. The molecule has 16 heavy (non-hydrogen) atoms. The lowest BCUT2D eigenvalue weighted by Gasteiger charge is -2.20. The second-order valence-corrected chi connectivity index (χ2v) is 4.42. The summed E-state index contributed by atoms with van der Waals surface area (Å²) in [5, 5.41) is -0.444. The van der Waals surface area contributed by atoms with Crippen molar-refractivity contribution in [3.05, 3.63) is 29.8 Å². The molecule has 0 N–H and O–H groups in total. The van der Waals surface area contributed by atoms with E-state index in [1.807, 2.05) is 38.1 Å². The third-order valence-corrected chi connectivity index (χ3v) is 2.65. The highest BCUT2D eigenvalue weighted by Crippen LogP contribution is 2.22. The molecule has 0 aliphatic heterocycles. The minimum atomic E-state index is -0.575. The van der Waals surface area contributed by atoms with Gasteiger partial charge in [-0.25, -0.2) is 0 Å². The second kappa shape index (κ2) is 5.90. The van der Waals surface area contributed by atoms with Crippen molar-refractivity contribution in [3.63, 3.8) is 0 Å². The number of carbonyl (C=O) groups is 1. The van der Waals surface area contributed by atoms with Crippen LogP contribution in [0, 0.1) is 5.92 Å². The van der Waals surface area contributed by atoms with Gasteiger partial charge in [-0.2, -0.15) is 0 Å². The third-order valence-electron chi connectivity index (χ3n) is 2.44. The fraction of sp³-hybridized carbons (Fsp3) is 0.462. The fourth-order valence-electron chi connectivity index (χ4n) is 1.49. The van der Waals surface area contributed by atoms with Gasteiger partial charge in [-0.1, -0.05) is 39.0 Å². The minimum Gasteiger partial charge on any atom is -0.481 e. The fourth-order valence-corrected chi connectivity index (χ4v) is 1.79. The average molecular weight is 241 g/mol. The van der Waals surface area contributed by atoms with Crippen LogP contribution in [0.4, 0.5) is 0 Å². The van der Waals surface area contributed by atoms with E-state index in [-0.39, 0.29) is 5.92 Å². The normalized spacial score (nSPS) is 12.6. The smallest absolute Gasteiger partial charge is 0.262 e. The summed E-state index contributed by atoms with van der Waals surface area (Å²) in [6.45, 7) is 5.88. The molecule has 0 saturated heterocycles. The number of carbonyl (C=O) groups excluding carboxylic acids is 1. The molecule has 1 rings (SSSR count). The van der Waals surface area contributed by atoms with Crippen molar-refractivity contribution in [2.45, 2.75) is 33.3 Å². The molecule has 1 atom stereocenters. The number of benzene rings is 1. The van der Waals surface area contributed by atoms with E-state index in [2.05, 4.69) is 6.92 Å². The summed E-state index contributed by atoms with van der Waals surface area (Å²) in [5.74, 6) is 0.813. The summed E-state index contributed by atoms with van der Waals surface area (Å²) in [6.07, 6.45) is 0.298. The summed E-state index contributed by atoms with van der Waals surface area (Å²) in [5.41, 5.74) is 1.09. The van der Waals surface area contributed by atoms with E-state index in [9.17, 15) is 4.79 Å². The van der Waals surface area contributed by atoms with Crippen molar-refractivity contribution in [1.29, 1.82) is 0 Å². The van der Waals surface area contributed by atoms with Crippen molar-refractivity contribution < 1.29 is 9.53 Å². The summed E-state index contributed by atoms with van der Waals surface area (Å²) in [4.78, 5) is 11.2. The maximum Gasteiger partial charge on any atom is 0.262 e. The van der Waals surface area contributed by atoms with Crippen LogP contribution in [0.1, 0.15) is 26.3 Å². The molecule has 1 aromatic carbocycles. The Kier molecular flexibility index (Phi) is 4.81. The number of aryl methyl sites for hydroxylation is 1. The Balaban J connectivity index is 2.89. The maximum atomic E-state index is 11.2. The number of halogens is 1. The molecule has 0 heterocycles. The largest absolute Gasteiger partial charge is 0.481 e. The van der Waals surface area contributed by atoms with Gasteiger partial charge in [0.05, 0.1) is 0 Å². The third kappa shape index (κ3) is 3.24. The molecule has 0 amide bonds. The number of para-hydroxylation sites is 1. The number of hydrogen-bond acceptors (Lipinski definition) is 2. The summed E-state index contributed by atoms with van der Waals surface area (Å²) in [6, 6.07) is 7.71. The lowest BCUT2D eigenvalue weighted by atomic mass is 10.1. The van der Waals surface area contributed by atoms with Gasteiger partial charge in [0.2, 0.25) is 0 Å². The van der Waals surface area contributed by atoms with E-state index in [1.54, 1.807) is 0 Å². The highest BCUT2D eigenvalue weighted by atomic mass is 35.5. The van der Waals surface area contributed by atoms with Crippen LogP contribution in [-0.2, 0) is 11.2 Å². The molecule has 3 heteroatoms. The summed E-state index contributed by atoms with van der Waals surface area (Å²) >= 11 is 5.52. The molecule has 88 valence electrons. The van der Waals surface area contributed by atoms with Crippen molar-refractivity contribution in [1.82, 2.24) is 0 Å². The van der Waals surface area contributed by atoms with E-state index in [1.165, 1.54) is 0 Å². The molecular formula is C13H17ClO2. The maximum absolute atomic E-state index is 11.2. The zero-order valence-electron chi connectivity index (χ0n) is 9.87. The van der Waals surface area contributed by atoms with Crippen LogP contribution in [0.25, 0.3) is 0 Å². The molecule has 0 aromatic heterocycles. The van der Waals surface area contributed by atoms with Gasteiger partial charge in [0.25, 0.3) is 5.24 Å². The first kappa shape index (κ1) is 13.0. The van der Waals surface area contributed by atoms with Gasteiger partial charge in [-0.15, -0.1) is 0 Å². The Morgan fingerprint density at radius 1 is 1.38 bits per heavy atom. The highest BCUT2D eigenvalue weighted by Gasteiger charge is 2.22. The Hall–Kier alpha value is -1.02. The van der Waals surface area contributed by atoms with Crippen LogP contribution in [0.15, 0.2) is 24.3 Å². The Morgan fingerprint density at radius 2 is 2.00 bits per heavy atom. The number of hydrogen-bond donors (Lipinski definition) is 0. The molecule has 1 aromatic rings. The molecule has 2 nitrogen and oxygen atoms in total. The van der Waals surface area contributed by atoms with Gasteiger partial charge in [-0.05, 0) is 35.6 Å². The van der Waals surface area contributed by atoms with Gasteiger partial charge in [-0.3, -0.25) is 4.79 Å². The van der Waals surface area contributed by atoms with Crippen LogP contribution in [0.2, 0.25) is 0 Å². The molecule has 0 fully saturated rings. The predicted molar refractivity (Wildman–Crippen MR) is 65.9 cm³/mol. The van der Waals surface area contributed by atoms with E-state index in [0.717, 1.165) is 17.7 Å². The Bertz CT molecular complexity index is 361. The van der Waals surface area contributed by atoms with Crippen LogP contribution in [-0.4, -0.2) is 11.3 Å². The van der Waals surface area contributed by atoms with E-state index < -0.39 is 11.3 Å². The van der Waals surface area contributed by atoms with Crippen LogP contribution < -0.4 is 4.74 Å². The Morgan fingerprint density at radius 3 is 2.50 bits per heavy atom. The monoisotopic (exact) mass is 240 g/mol. The zero-order chi connectivity index (χ0) is 12.1. The summed E-state index contributed by atoms with van der Waals surface area (Å²) in [7, 11) is 0. The highest BCUT2D eigenvalue weighted by molar-refractivity contribution is 6.64. The zero-order valence-corrected chi connectivity index (χ0v) is 10.6. The van der Waals surface area contributed by atoms with Gasteiger partial charge in [0.1, 0.15) is 5.75 Å². The van der Waals surface area contributed by atoms with Crippen LogP contribution in [0.3, 0.4) is 0 Å². The quantitative estimate of drug-likeness (QED) is 0.738. The molecule has 0 radical (unpaired) electrons.